The molecule has 1 aromatic rings. The highest BCUT2D eigenvalue weighted by molar-refractivity contribution is 5.37. The average molecular weight is 249 g/mol. The molecule has 0 spiro atoms. The van der Waals surface area contributed by atoms with Crippen LogP contribution in [0.4, 0.5) is 0 Å². The number of aliphatic hydroxyl groups excluding tert-OH is 1. The van der Waals surface area contributed by atoms with Crippen LogP contribution in [0.1, 0.15) is 42.5 Å². The van der Waals surface area contributed by atoms with Gasteiger partial charge in [-0.25, -0.2) is 0 Å². The maximum Gasteiger partial charge on any atom is 0.0448 e. The fraction of sp³-hybridized carbons (Fsp3) is 0.625. The van der Waals surface area contributed by atoms with E-state index in [4.69, 9.17) is 5.11 Å². The number of hydrogen-bond donors (Lipinski definition) is 1. The first-order valence-corrected chi connectivity index (χ1v) is 6.67. The molecule has 0 atom stereocenters. The highest BCUT2D eigenvalue weighted by Gasteiger charge is 2.23. The lowest BCUT2D eigenvalue weighted by molar-refractivity contribution is 0.109. The molecule has 1 N–H and O–H groups in total. The molecular formula is C16H27NO. The zero-order chi connectivity index (χ0) is 13.9. The molecule has 0 fully saturated rings. The molecule has 18 heavy (non-hydrogen) atoms. The molecule has 1 rings (SSSR count). The Hall–Kier alpha value is -0.860. The zero-order valence-corrected chi connectivity index (χ0v) is 12.7. The Balaban J connectivity index is 2.91. The van der Waals surface area contributed by atoms with E-state index in [1.807, 2.05) is 0 Å². The van der Waals surface area contributed by atoms with Gasteiger partial charge >= 0.3 is 0 Å². The minimum atomic E-state index is 0.0263. The number of hydrogen-bond acceptors (Lipinski definition) is 2. The van der Waals surface area contributed by atoms with Gasteiger partial charge in [0.2, 0.25) is 0 Å². The van der Waals surface area contributed by atoms with Gasteiger partial charge in [-0.05, 0) is 64.8 Å². The summed E-state index contributed by atoms with van der Waals surface area (Å²) in [6, 6.07) is 4.49. The summed E-state index contributed by atoms with van der Waals surface area (Å²) < 4.78 is 0. The van der Waals surface area contributed by atoms with E-state index in [1.54, 1.807) is 0 Å². The Kier molecular flexibility index (Phi) is 4.94. The van der Waals surface area contributed by atoms with Gasteiger partial charge in [0.25, 0.3) is 0 Å². The van der Waals surface area contributed by atoms with E-state index in [0.717, 1.165) is 13.0 Å². The van der Waals surface area contributed by atoms with Gasteiger partial charge in [-0.1, -0.05) is 17.7 Å². The van der Waals surface area contributed by atoms with E-state index in [-0.39, 0.29) is 12.1 Å². The Morgan fingerprint density at radius 2 is 1.61 bits per heavy atom. The van der Waals surface area contributed by atoms with E-state index in [0.29, 0.717) is 0 Å². The topological polar surface area (TPSA) is 23.5 Å². The molecule has 0 aliphatic carbocycles. The van der Waals surface area contributed by atoms with Crippen LogP contribution in [0, 0.1) is 20.8 Å². The van der Waals surface area contributed by atoms with Gasteiger partial charge in [0, 0.05) is 18.7 Å². The summed E-state index contributed by atoms with van der Waals surface area (Å²) in [7, 11) is 2.13. The lowest BCUT2D eigenvalue weighted by Gasteiger charge is -2.36. The van der Waals surface area contributed by atoms with Crippen molar-refractivity contribution < 1.29 is 5.11 Å². The molecule has 0 saturated carbocycles. The summed E-state index contributed by atoms with van der Waals surface area (Å²) in [6.45, 7) is 12.0. The van der Waals surface area contributed by atoms with E-state index in [9.17, 15) is 0 Å². The maximum absolute atomic E-state index is 9.14. The van der Waals surface area contributed by atoms with Crippen LogP contribution in [0.25, 0.3) is 0 Å². The second-order valence-corrected chi connectivity index (χ2v) is 6.02. The van der Waals surface area contributed by atoms with E-state index in [2.05, 4.69) is 58.7 Å². The standard InChI is InChI=1S/C16H27NO/c1-12-9-13(2)15(14(3)10-12)11-17(6)16(4,5)7-8-18/h9-10,18H,7-8,11H2,1-6H3. The van der Waals surface area contributed by atoms with Crippen molar-refractivity contribution in [3.63, 3.8) is 0 Å². The van der Waals surface area contributed by atoms with Crippen LogP contribution in [-0.2, 0) is 6.54 Å². The minimum absolute atomic E-state index is 0.0263. The van der Waals surface area contributed by atoms with Crippen LogP contribution in [0.3, 0.4) is 0 Å². The normalized spacial score (nSPS) is 12.2. The molecular weight excluding hydrogens is 222 g/mol. The largest absolute Gasteiger partial charge is 0.396 e. The van der Waals surface area contributed by atoms with Gasteiger partial charge < -0.3 is 5.11 Å². The number of benzene rings is 1. The van der Waals surface area contributed by atoms with Gasteiger partial charge in [0.05, 0.1) is 0 Å². The highest BCUT2D eigenvalue weighted by atomic mass is 16.3. The molecule has 102 valence electrons. The van der Waals surface area contributed by atoms with Crippen molar-refractivity contribution in [2.24, 2.45) is 0 Å². The van der Waals surface area contributed by atoms with Crippen LogP contribution in [-0.4, -0.2) is 29.2 Å². The molecule has 0 radical (unpaired) electrons. The van der Waals surface area contributed by atoms with Crippen molar-refractivity contribution >= 4 is 0 Å². The third kappa shape index (κ3) is 3.56. The van der Waals surface area contributed by atoms with E-state index in [1.165, 1.54) is 22.3 Å². The van der Waals surface area contributed by atoms with Crippen molar-refractivity contribution in [3.05, 3.63) is 34.4 Å². The third-order valence-electron chi connectivity index (χ3n) is 3.99. The Labute approximate surface area is 112 Å². The van der Waals surface area contributed by atoms with Crippen LogP contribution < -0.4 is 0 Å². The average Bonchev–Trinajstić information content (AvgIpc) is 2.22. The molecule has 0 unspecified atom stereocenters. The predicted molar refractivity (Wildman–Crippen MR) is 77.9 cm³/mol. The van der Waals surface area contributed by atoms with Crippen molar-refractivity contribution in [1.82, 2.24) is 4.90 Å². The molecule has 0 aliphatic rings. The monoisotopic (exact) mass is 249 g/mol. The summed E-state index contributed by atoms with van der Waals surface area (Å²) in [5.41, 5.74) is 5.48. The summed E-state index contributed by atoms with van der Waals surface area (Å²) in [4.78, 5) is 2.33. The zero-order valence-electron chi connectivity index (χ0n) is 12.7. The van der Waals surface area contributed by atoms with Crippen molar-refractivity contribution in [2.75, 3.05) is 13.7 Å². The molecule has 0 heterocycles. The van der Waals surface area contributed by atoms with Gasteiger partial charge in [-0.15, -0.1) is 0 Å². The smallest absolute Gasteiger partial charge is 0.0448 e. The van der Waals surface area contributed by atoms with Gasteiger partial charge in [-0.3, -0.25) is 4.90 Å². The van der Waals surface area contributed by atoms with Crippen molar-refractivity contribution in [1.29, 1.82) is 0 Å². The molecule has 0 amide bonds. The number of aliphatic hydroxyl groups is 1. The number of rotatable bonds is 5. The van der Waals surface area contributed by atoms with E-state index < -0.39 is 0 Å². The first-order valence-electron chi connectivity index (χ1n) is 6.67. The predicted octanol–water partition coefficient (Wildman–Crippen LogP) is 3.20. The summed E-state index contributed by atoms with van der Waals surface area (Å²) in [5, 5.41) is 9.14. The number of aryl methyl sites for hydroxylation is 3. The highest BCUT2D eigenvalue weighted by Crippen LogP contribution is 2.23. The molecule has 2 heteroatoms. The van der Waals surface area contributed by atoms with E-state index >= 15 is 0 Å². The van der Waals surface area contributed by atoms with Gasteiger partial charge in [0.15, 0.2) is 0 Å². The Morgan fingerprint density at radius 3 is 2.06 bits per heavy atom. The quantitative estimate of drug-likeness (QED) is 0.866. The van der Waals surface area contributed by atoms with Crippen LogP contribution in [0.2, 0.25) is 0 Å². The SMILES string of the molecule is Cc1cc(C)c(CN(C)C(C)(C)CCO)c(C)c1. The van der Waals surface area contributed by atoms with Crippen LogP contribution in [0.15, 0.2) is 12.1 Å². The van der Waals surface area contributed by atoms with Crippen molar-refractivity contribution in [3.8, 4) is 0 Å². The summed E-state index contributed by atoms with van der Waals surface area (Å²) in [6.07, 6.45) is 0.799. The second-order valence-electron chi connectivity index (χ2n) is 6.02. The minimum Gasteiger partial charge on any atom is -0.396 e. The van der Waals surface area contributed by atoms with Crippen LogP contribution in [0.5, 0.6) is 0 Å². The number of nitrogens with zero attached hydrogens (tertiary/aromatic N) is 1. The fourth-order valence-electron chi connectivity index (χ4n) is 2.37. The molecule has 2 nitrogen and oxygen atoms in total. The summed E-state index contributed by atoms with van der Waals surface area (Å²) in [5.74, 6) is 0. The Morgan fingerprint density at radius 1 is 1.11 bits per heavy atom. The third-order valence-corrected chi connectivity index (χ3v) is 3.99. The Bertz CT molecular complexity index is 387. The van der Waals surface area contributed by atoms with Crippen LogP contribution >= 0.6 is 0 Å². The molecule has 0 aliphatic heterocycles. The molecule has 0 aromatic heterocycles. The first kappa shape index (κ1) is 15.2. The molecule has 0 bridgehead atoms. The van der Waals surface area contributed by atoms with Gasteiger partial charge in [0.1, 0.15) is 0 Å². The maximum atomic E-state index is 9.14. The lowest BCUT2D eigenvalue weighted by Crippen LogP contribution is -2.41. The van der Waals surface area contributed by atoms with Crippen molar-refractivity contribution in [2.45, 2.75) is 53.1 Å². The second kappa shape index (κ2) is 5.85. The first-order chi connectivity index (χ1) is 8.27. The summed E-state index contributed by atoms with van der Waals surface area (Å²) >= 11 is 0. The molecule has 1 aromatic carbocycles. The molecule has 0 saturated heterocycles. The van der Waals surface area contributed by atoms with Gasteiger partial charge in [-0.2, -0.15) is 0 Å². The lowest BCUT2D eigenvalue weighted by atomic mass is 9.95. The fourth-order valence-corrected chi connectivity index (χ4v) is 2.37.